The van der Waals surface area contributed by atoms with E-state index in [4.69, 9.17) is 4.74 Å². The van der Waals surface area contributed by atoms with Crippen molar-refractivity contribution in [2.45, 2.75) is 26.4 Å². The molecule has 4 aromatic rings. The lowest BCUT2D eigenvalue weighted by atomic mass is 10.1. The van der Waals surface area contributed by atoms with Crippen molar-refractivity contribution < 1.29 is 19.1 Å². The number of benzene rings is 2. The van der Waals surface area contributed by atoms with Gasteiger partial charge in [0.2, 0.25) is 5.91 Å². The van der Waals surface area contributed by atoms with Crippen molar-refractivity contribution >= 4 is 57.1 Å². The summed E-state index contributed by atoms with van der Waals surface area (Å²) >= 11 is 2.53. The smallest absolute Gasteiger partial charge is 0.293 e. The molecule has 0 atom stereocenters. The molecule has 0 aliphatic carbocycles. The Morgan fingerprint density at radius 3 is 2.66 bits per heavy atom. The Labute approximate surface area is 229 Å². The summed E-state index contributed by atoms with van der Waals surface area (Å²) in [5.41, 5.74) is 2.87. The zero-order chi connectivity index (χ0) is 26.5. The number of imide groups is 1. The third-order valence-corrected chi connectivity index (χ3v) is 8.02. The number of ether oxygens (including phenoxy) is 1. The highest BCUT2D eigenvalue weighted by molar-refractivity contribution is 8.18. The third kappa shape index (κ3) is 5.69. The highest BCUT2D eigenvalue weighted by Gasteiger charge is 2.35. The van der Waals surface area contributed by atoms with Crippen LogP contribution in [-0.2, 0) is 29.1 Å². The molecule has 2 aromatic heterocycles. The number of carbonyl (C=O) groups excluding carboxylic acids is 3. The summed E-state index contributed by atoms with van der Waals surface area (Å²) in [6.07, 6.45) is 4.45. The molecule has 5 rings (SSSR count). The van der Waals surface area contributed by atoms with Gasteiger partial charge in [-0.25, -0.2) is 0 Å². The van der Waals surface area contributed by atoms with Crippen LogP contribution in [0.1, 0.15) is 22.9 Å². The molecule has 3 heterocycles. The number of aryl methyl sites for hydroxylation is 1. The number of nitrogens with one attached hydrogen (secondary N) is 1. The van der Waals surface area contributed by atoms with Crippen LogP contribution in [0.3, 0.4) is 0 Å². The predicted octanol–water partition coefficient (Wildman–Crippen LogP) is 5.70. The number of thiophene rings is 1. The van der Waals surface area contributed by atoms with Crippen LogP contribution >= 0.6 is 23.1 Å². The van der Waals surface area contributed by atoms with Gasteiger partial charge in [0.15, 0.2) is 0 Å². The van der Waals surface area contributed by atoms with E-state index in [0.717, 1.165) is 45.1 Å². The Hall–Kier alpha value is -3.82. The highest BCUT2D eigenvalue weighted by atomic mass is 32.2. The maximum atomic E-state index is 13.1. The number of carbonyl (C=O) groups is 3. The van der Waals surface area contributed by atoms with Gasteiger partial charge in [0, 0.05) is 22.0 Å². The number of thioether (sulfide) groups is 1. The van der Waals surface area contributed by atoms with Crippen molar-refractivity contribution in [1.29, 1.82) is 0 Å². The Kier molecular flexibility index (Phi) is 7.95. The summed E-state index contributed by atoms with van der Waals surface area (Å²) in [5.74, 6) is 0.262. The first-order chi connectivity index (χ1) is 18.5. The molecule has 1 fully saturated rings. The van der Waals surface area contributed by atoms with Crippen molar-refractivity contribution in [3.8, 4) is 5.75 Å². The molecule has 1 aliphatic heterocycles. The lowest BCUT2D eigenvalue weighted by molar-refractivity contribution is -0.123. The average Bonchev–Trinajstić information content (AvgIpc) is 3.64. The van der Waals surface area contributed by atoms with E-state index in [0.29, 0.717) is 17.2 Å². The van der Waals surface area contributed by atoms with Crippen LogP contribution in [0.15, 0.2) is 77.1 Å². The first kappa shape index (κ1) is 25.8. The van der Waals surface area contributed by atoms with Crippen LogP contribution in [0.25, 0.3) is 17.0 Å². The fraction of sp³-hybridized carbons (Fsp3) is 0.207. The van der Waals surface area contributed by atoms with Gasteiger partial charge in [-0.05, 0) is 53.4 Å². The first-order valence-electron chi connectivity index (χ1n) is 12.4. The van der Waals surface area contributed by atoms with E-state index in [-0.39, 0.29) is 36.7 Å². The summed E-state index contributed by atoms with van der Waals surface area (Å²) in [6, 6.07) is 19.3. The SMILES string of the molecule is CCc1cccc2c(/C=C3\SC(=O)N(CCOc4ccccc4)C3=O)cn(CC(=O)NCc3cccs3)c12. The summed E-state index contributed by atoms with van der Waals surface area (Å²) in [6.45, 7) is 3.11. The van der Waals surface area contributed by atoms with Gasteiger partial charge >= 0.3 is 0 Å². The van der Waals surface area contributed by atoms with Crippen molar-refractivity contribution in [1.82, 2.24) is 14.8 Å². The highest BCUT2D eigenvalue weighted by Crippen LogP contribution is 2.35. The zero-order valence-corrected chi connectivity index (χ0v) is 22.5. The minimum Gasteiger partial charge on any atom is -0.492 e. The van der Waals surface area contributed by atoms with E-state index in [1.54, 1.807) is 17.4 Å². The largest absolute Gasteiger partial charge is 0.492 e. The van der Waals surface area contributed by atoms with Crippen LogP contribution in [0.5, 0.6) is 5.75 Å². The number of hydrogen-bond acceptors (Lipinski definition) is 6. The van der Waals surface area contributed by atoms with Crippen LogP contribution in [0.4, 0.5) is 4.79 Å². The lowest BCUT2D eigenvalue weighted by Crippen LogP contribution is -2.32. The Morgan fingerprint density at radius 2 is 1.89 bits per heavy atom. The van der Waals surface area contributed by atoms with Gasteiger partial charge in [-0.1, -0.05) is 49.4 Å². The maximum absolute atomic E-state index is 13.1. The van der Waals surface area contributed by atoms with E-state index in [9.17, 15) is 14.4 Å². The molecule has 3 amide bonds. The molecule has 0 bridgehead atoms. The van der Waals surface area contributed by atoms with E-state index in [2.05, 4.69) is 12.2 Å². The van der Waals surface area contributed by atoms with Crippen LogP contribution in [0, 0.1) is 0 Å². The zero-order valence-electron chi connectivity index (χ0n) is 20.9. The summed E-state index contributed by atoms with van der Waals surface area (Å²) in [4.78, 5) is 41.2. The molecule has 1 aliphatic rings. The van der Waals surface area contributed by atoms with E-state index in [1.165, 1.54) is 4.90 Å². The standard InChI is InChI=1S/C29H27N3O4S2/c1-2-20-8-6-12-24-21(18-31(27(20)24)19-26(33)30-17-23-11-7-15-37-23)16-25-28(34)32(29(35)38-25)13-14-36-22-9-4-3-5-10-22/h3-12,15-16,18H,2,13-14,17,19H2,1H3,(H,30,33)/b25-16-. The number of hydrogen-bond donors (Lipinski definition) is 1. The molecular formula is C29H27N3O4S2. The molecule has 1 saturated heterocycles. The second kappa shape index (κ2) is 11.7. The maximum Gasteiger partial charge on any atom is 0.293 e. The fourth-order valence-corrected chi connectivity index (χ4v) is 5.91. The minimum atomic E-state index is -0.335. The molecule has 1 N–H and O–H groups in total. The molecule has 0 unspecified atom stereocenters. The van der Waals surface area contributed by atoms with E-state index >= 15 is 0 Å². The van der Waals surface area contributed by atoms with Gasteiger partial charge in [0.1, 0.15) is 18.9 Å². The predicted molar refractivity (Wildman–Crippen MR) is 152 cm³/mol. The number of aromatic nitrogens is 1. The summed E-state index contributed by atoms with van der Waals surface area (Å²) in [7, 11) is 0. The first-order valence-corrected chi connectivity index (χ1v) is 14.1. The van der Waals surface area contributed by atoms with Gasteiger partial charge in [0.05, 0.1) is 23.5 Å². The Balaban J connectivity index is 1.34. The molecule has 9 heteroatoms. The number of rotatable bonds is 10. The topological polar surface area (TPSA) is 80.6 Å². The van der Waals surface area contributed by atoms with Gasteiger partial charge in [0.25, 0.3) is 11.1 Å². The summed E-state index contributed by atoms with van der Waals surface area (Å²) in [5, 5.41) is 5.59. The lowest BCUT2D eigenvalue weighted by Gasteiger charge is -2.13. The van der Waals surface area contributed by atoms with Crippen LogP contribution in [0.2, 0.25) is 0 Å². The molecule has 0 saturated carbocycles. The normalized spacial score (nSPS) is 14.6. The van der Waals surface area contributed by atoms with Crippen molar-refractivity contribution in [2.75, 3.05) is 13.2 Å². The van der Waals surface area contributed by atoms with Crippen molar-refractivity contribution in [3.05, 3.63) is 93.1 Å². The average molecular weight is 546 g/mol. The van der Waals surface area contributed by atoms with Crippen molar-refractivity contribution in [2.24, 2.45) is 0 Å². The second-order valence-corrected chi connectivity index (χ2v) is 10.8. The number of amides is 3. The number of para-hydroxylation sites is 2. The van der Waals surface area contributed by atoms with Gasteiger partial charge in [-0.15, -0.1) is 11.3 Å². The number of nitrogens with zero attached hydrogens (tertiary/aromatic N) is 2. The fourth-order valence-electron chi connectivity index (χ4n) is 4.41. The molecule has 0 radical (unpaired) electrons. The second-order valence-electron chi connectivity index (χ2n) is 8.73. The number of fused-ring (bicyclic) bond motifs is 1. The Bertz CT molecular complexity index is 1490. The van der Waals surface area contributed by atoms with E-state index < -0.39 is 0 Å². The molecule has 2 aromatic carbocycles. The molecule has 7 nitrogen and oxygen atoms in total. The van der Waals surface area contributed by atoms with Gasteiger partial charge in [-0.2, -0.15) is 0 Å². The molecule has 194 valence electrons. The van der Waals surface area contributed by atoms with Crippen molar-refractivity contribution in [3.63, 3.8) is 0 Å². The van der Waals surface area contributed by atoms with E-state index in [1.807, 2.05) is 76.8 Å². The molecule has 38 heavy (non-hydrogen) atoms. The quantitative estimate of drug-likeness (QED) is 0.259. The van der Waals surface area contributed by atoms with Gasteiger partial charge < -0.3 is 14.6 Å². The minimum absolute atomic E-state index is 0.0912. The molecule has 0 spiro atoms. The monoisotopic (exact) mass is 545 g/mol. The third-order valence-electron chi connectivity index (χ3n) is 6.23. The Morgan fingerprint density at radius 1 is 1.05 bits per heavy atom. The van der Waals surface area contributed by atoms with Crippen LogP contribution in [-0.4, -0.2) is 39.7 Å². The van der Waals surface area contributed by atoms with Crippen LogP contribution < -0.4 is 10.1 Å². The molecular weight excluding hydrogens is 518 g/mol. The summed E-state index contributed by atoms with van der Waals surface area (Å²) < 4.78 is 7.60. The van der Waals surface area contributed by atoms with Gasteiger partial charge in [-0.3, -0.25) is 19.3 Å².